The zero-order valence-corrected chi connectivity index (χ0v) is 14.0. The van der Waals surface area contributed by atoms with E-state index in [1.54, 1.807) is 0 Å². The van der Waals surface area contributed by atoms with Crippen molar-refractivity contribution in [2.45, 2.75) is 83.7 Å². The van der Waals surface area contributed by atoms with Crippen LogP contribution >= 0.6 is 0 Å². The van der Waals surface area contributed by atoms with Crippen LogP contribution in [-0.2, 0) is 0 Å². The average molecular weight is 280 g/mol. The van der Waals surface area contributed by atoms with Crippen LogP contribution in [0.1, 0.15) is 71.6 Å². The maximum atomic E-state index is 3.60. The number of hydrogen-bond acceptors (Lipinski definition) is 2. The minimum atomic E-state index is 0.760. The Kier molecular flexibility index (Phi) is 6.83. The van der Waals surface area contributed by atoms with E-state index in [1.807, 2.05) is 0 Å². The second kappa shape index (κ2) is 8.38. The van der Waals surface area contributed by atoms with Gasteiger partial charge in [-0.15, -0.1) is 0 Å². The van der Waals surface area contributed by atoms with Crippen LogP contribution in [0.25, 0.3) is 0 Å². The molecule has 0 spiro atoms. The lowest BCUT2D eigenvalue weighted by Crippen LogP contribution is -2.47. The highest BCUT2D eigenvalue weighted by Gasteiger charge is 2.31. The molecule has 0 heterocycles. The summed E-state index contributed by atoms with van der Waals surface area (Å²) in [7, 11) is 2.17. The quantitative estimate of drug-likeness (QED) is 0.789. The minimum Gasteiger partial charge on any atom is -0.317 e. The first-order valence-corrected chi connectivity index (χ1v) is 9.19. The SMILES string of the molecule is CCC1CCC(NC)C(CN(CC)C2CCCCC2)C1. The van der Waals surface area contributed by atoms with Gasteiger partial charge in [-0.1, -0.05) is 39.5 Å². The highest BCUT2D eigenvalue weighted by Crippen LogP contribution is 2.33. The first-order chi connectivity index (χ1) is 9.78. The molecule has 0 aromatic carbocycles. The zero-order valence-electron chi connectivity index (χ0n) is 14.0. The molecule has 0 aliphatic heterocycles. The molecular weight excluding hydrogens is 244 g/mol. The molecule has 2 aliphatic rings. The molecule has 0 aromatic heterocycles. The van der Waals surface area contributed by atoms with Gasteiger partial charge in [0.15, 0.2) is 0 Å². The van der Waals surface area contributed by atoms with Crippen molar-refractivity contribution in [3.8, 4) is 0 Å². The molecule has 20 heavy (non-hydrogen) atoms. The molecule has 0 bridgehead atoms. The highest BCUT2D eigenvalue weighted by atomic mass is 15.2. The topological polar surface area (TPSA) is 15.3 Å². The summed E-state index contributed by atoms with van der Waals surface area (Å²) in [6.45, 7) is 7.32. The molecule has 0 radical (unpaired) electrons. The van der Waals surface area contributed by atoms with E-state index in [2.05, 4.69) is 31.1 Å². The maximum absolute atomic E-state index is 3.60. The maximum Gasteiger partial charge on any atom is 0.0105 e. The van der Waals surface area contributed by atoms with Crippen molar-refractivity contribution < 1.29 is 0 Å². The van der Waals surface area contributed by atoms with Crippen molar-refractivity contribution in [2.75, 3.05) is 20.1 Å². The van der Waals surface area contributed by atoms with Gasteiger partial charge in [-0.05, 0) is 57.5 Å². The van der Waals surface area contributed by atoms with E-state index >= 15 is 0 Å². The van der Waals surface area contributed by atoms with Crippen LogP contribution in [0, 0.1) is 11.8 Å². The van der Waals surface area contributed by atoms with Crippen LogP contribution in [-0.4, -0.2) is 37.1 Å². The van der Waals surface area contributed by atoms with Gasteiger partial charge in [-0.25, -0.2) is 0 Å². The standard InChI is InChI=1S/C18H36N2/c1-4-15-11-12-18(19-3)16(13-15)14-20(5-2)17-9-7-6-8-10-17/h15-19H,4-14H2,1-3H3. The second-order valence-corrected chi connectivity index (χ2v) is 7.12. The van der Waals surface area contributed by atoms with Gasteiger partial charge < -0.3 is 10.2 Å². The summed E-state index contributed by atoms with van der Waals surface area (Å²) in [5.74, 6) is 1.86. The van der Waals surface area contributed by atoms with Gasteiger partial charge in [-0.3, -0.25) is 0 Å². The number of nitrogens with one attached hydrogen (secondary N) is 1. The lowest BCUT2D eigenvalue weighted by atomic mass is 9.76. The summed E-state index contributed by atoms with van der Waals surface area (Å²) in [6, 6.07) is 1.64. The highest BCUT2D eigenvalue weighted by molar-refractivity contribution is 4.87. The van der Waals surface area contributed by atoms with Gasteiger partial charge in [0, 0.05) is 18.6 Å². The third-order valence-corrected chi connectivity index (χ3v) is 6.01. The Labute approximate surface area is 126 Å². The Bertz CT molecular complexity index is 260. The monoisotopic (exact) mass is 280 g/mol. The fourth-order valence-corrected chi connectivity index (χ4v) is 4.60. The van der Waals surface area contributed by atoms with Gasteiger partial charge in [0.05, 0.1) is 0 Å². The van der Waals surface area contributed by atoms with Gasteiger partial charge in [0.2, 0.25) is 0 Å². The first-order valence-electron chi connectivity index (χ1n) is 9.19. The Morgan fingerprint density at radius 2 is 1.75 bits per heavy atom. The van der Waals surface area contributed by atoms with Gasteiger partial charge in [-0.2, -0.15) is 0 Å². The third-order valence-electron chi connectivity index (χ3n) is 6.01. The molecule has 1 N–H and O–H groups in total. The summed E-state index contributed by atoms with van der Waals surface area (Å²) in [6.07, 6.45) is 12.9. The zero-order chi connectivity index (χ0) is 14.4. The molecule has 2 saturated carbocycles. The number of hydrogen-bond donors (Lipinski definition) is 1. The first kappa shape index (κ1) is 16.3. The second-order valence-electron chi connectivity index (χ2n) is 7.12. The van der Waals surface area contributed by atoms with E-state index in [1.165, 1.54) is 70.9 Å². The summed E-state index contributed by atoms with van der Waals surface area (Å²) in [5, 5.41) is 3.60. The Balaban J connectivity index is 1.92. The molecule has 0 aromatic rings. The predicted octanol–water partition coefficient (Wildman–Crippen LogP) is 4.06. The van der Waals surface area contributed by atoms with Crippen molar-refractivity contribution >= 4 is 0 Å². The van der Waals surface area contributed by atoms with Gasteiger partial charge in [0.1, 0.15) is 0 Å². The summed E-state index contributed by atoms with van der Waals surface area (Å²) in [5.41, 5.74) is 0. The molecule has 2 nitrogen and oxygen atoms in total. The number of rotatable bonds is 6. The fraction of sp³-hybridized carbons (Fsp3) is 1.00. The van der Waals surface area contributed by atoms with Crippen LogP contribution in [0.4, 0.5) is 0 Å². The lowest BCUT2D eigenvalue weighted by molar-refractivity contribution is 0.0979. The molecule has 0 saturated heterocycles. The van der Waals surface area contributed by atoms with Crippen LogP contribution in [0.2, 0.25) is 0 Å². The Morgan fingerprint density at radius 1 is 1.00 bits per heavy atom. The molecule has 2 heteroatoms. The summed E-state index contributed by atoms with van der Waals surface area (Å²) < 4.78 is 0. The molecular formula is C18H36N2. The molecule has 3 unspecified atom stereocenters. The van der Waals surface area contributed by atoms with Crippen molar-refractivity contribution in [3.63, 3.8) is 0 Å². The Morgan fingerprint density at radius 3 is 2.35 bits per heavy atom. The van der Waals surface area contributed by atoms with Crippen molar-refractivity contribution in [3.05, 3.63) is 0 Å². The normalized spacial score (nSPS) is 32.7. The van der Waals surface area contributed by atoms with Crippen LogP contribution in [0.15, 0.2) is 0 Å². The third kappa shape index (κ3) is 4.21. The van der Waals surface area contributed by atoms with Crippen LogP contribution in [0.5, 0.6) is 0 Å². The summed E-state index contributed by atoms with van der Waals surface area (Å²) in [4.78, 5) is 2.81. The van der Waals surface area contributed by atoms with E-state index < -0.39 is 0 Å². The average Bonchev–Trinajstić information content (AvgIpc) is 2.53. The van der Waals surface area contributed by atoms with E-state index in [-0.39, 0.29) is 0 Å². The predicted molar refractivity (Wildman–Crippen MR) is 88.1 cm³/mol. The van der Waals surface area contributed by atoms with E-state index in [4.69, 9.17) is 0 Å². The lowest BCUT2D eigenvalue weighted by Gasteiger charge is -2.41. The van der Waals surface area contributed by atoms with E-state index in [0.717, 1.165) is 23.9 Å². The minimum absolute atomic E-state index is 0.760. The molecule has 118 valence electrons. The largest absolute Gasteiger partial charge is 0.317 e. The molecule has 2 aliphatic carbocycles. The fourth-order valence-electron chi connectivity index (χ4n) is 4.60. The molecule has 0 amide bonds. The summed E-state index contributed by atoms with van der Waals surface area (Å²) >= 11 is 0. The van der Waals surface area contributed by atoms with Crippen molar-refractivity contribution in [1.82, 2.24) is 10.2 Å². The smallest absolute Gasteiger partial charge is 0.0105 e. The van der Waals surface area contributed by atoms with Crippen LogP contribution < -0.4 is 5.32 Å². The Hall–Kier alpha value is -0.0800. The molecule has 3 atom stereocenters. The van der Waals surface area contributed by atoms with Gasteiger partial charge in [0.25, 0.3) is 0 Å². The van der Waals surface area contributed by atoms with E-state index in [0.29, 0.717) is 0 Å². The molecule has 2 fully saturated rings. The van der Waals surface area contributed by atoms with Crippen molar-refractivity contribution in [1.29, 1.82) is 0 Å². The number of nitrogens with zero attached hydrogens (tertiary/aromatic N) is 1. The van der Waals surface area contributed by atoms with Crippen molar-refractivity contribution in [2.24, 2.45) is 11.8 Å². The van der Waals surface area contributed by atoms with Crippen LogP contribution in [0.3, 0.4) is 0 Å². The molecule has 2 rings (SSSR count). The van der Waals surface area contributed by atoms with Gasteiger partial charge >= 0.3 is 0 Å². The van der Waals surface area contributed by atoms with E-state index in [9.17, 15) is 0 Å².